The Hall–Kier alpha value is -7.38. The molecule has 0 aliphatic heterocycles. The van der Waals surface area contributed by atoms with Crippen LogP contribution in [0.5, 0.6) is 28.7 Å². The number of aromatic nitrogens is 1. The number of para-hydroxylation sites is 1. The number of hydrogen-bond donors (Lipinski definition) is 5. The SMILES string of the molecule is C=C(/C=C\C=C1/CC(C)/C(=C\C=C/C)c2ccccc21)N(c1ccc2c3ccccc3n(-c3ccc(-c4ccccc4)cc3)c2c1)c1c(O)c(O)c(O)c(O)c1O. The fourth-order valence-electron chi connectivity index (χ4n) is 7.92. The highest BCUT2D eigenvalue weighted by atomic mass is 16.4. The molecule has 1 aliphatic carbocycles. The van der Waals surface area contributed by atoms with E-state index in [4.69, 9.17) is 0 Å². The molecule has 282 valence electrons. The predicted octanol–water partition coefficient (Wildman–Crippen LogP) is 12.3. The molecule has 7 aromatic rings. The summed E-state index contributed by atoms with van der Waals surface area (Å²) in [5.74, 6) is -4.38. The van der Waals surface area contributed by atoms with Gasteiger partial charge in [0, 0.05) is 27.8 Å². The van der Waals surface area contributed by atoms with Gasteiger partial charge in [-0.3, -0.25) is 0 Å². The number of fused-ring (bicyclic) bond motifs is 4. The summed E-state index contributed by atoms with van der Waals surface area (Å²) in [6.45, 7) is 8.56. The molecule has 8 rings (SSSR count). The standard InChI is InChI=1S/C50H42N2O5/c1-4-5-18-38-31(2)29-35(39-19-9-10-20-40(38)39)17-13-14-32(3)51(45-46(53)48(55)50(57)49(56)47(45)54)37-27-28-42-41-21-11-12-22-43(41)52(44(42)30-37)36-25-23-34(24-26-36)33-15-7-6-8-16-33/h4-28,30-31,53-57H,3,29H2,1-2H3/b5-4-,14-13-,35-17+,38-18+. The van der Waals surface area contributed by atoms with Gasteiger partial charge in [0.05, 0.1) is 11.0 Å². The number of anilines is 2. The molecule has 5 N–H and O–H groups in total. The Morgan fingerprint density at radius 1 is 0.649 bits per heavy atom. The van der Waals surface area contributed by atoms with Gasteiger partial charge in [0.15, 0.2) is 11.5 Å². The molecule has 0 spiro atoms. The van der Waals surface area contributed by atoms with Gasteiger partial charge in [-0.1, -0.05) is 135 Å². The molecular weight excluding hydrogens is 709 g/mol. The first-order valence-corrected chi connectivity index (χ1v) is 18.8. The number of phenolic OH excluding ortho intramolecular Hbond substituents is 5. The minimum Gasteiger partial charge on any atom is -0.503 e. The molecule has 57 heavy (non-hydrogen) atoms. The van der Waals surface area contributed by atoms with Crippen molar-refractivity contribution in [1.82, 2.24) is 4.57 Å². The van der Waals surface area contributed by atoms with E-state index in [1.54, 1.807) is 6.08 Å². The molecule has 0 radical (unpaired) electrons. The maximum absolute atomic E-state index is 11.3. The summed E-state index contributed by atoms with van der Waals surface area (Å²) in [4.78, 5) is 1.45. The minimum absolute atomic E-state index is 0.278. The van der Waals surface area contributed by atoms with Crippen molar-refractivity contribution in [2.75, 3.05) is 4.90 Å². The van der Waals surface area contributed by atoms with Crippen molar-refractivity contribution in [3.8, 4) is 45.6 Å². The van der Waals surface area contributed by atoms with Crippen molar-refractivity contribution in [1.29, 1.82) is 0 Å². The average molecular weight is 751 g/mol. The first-order chi connectivity index (χ1) is 27.7. The number of benzene rings is 6. The highest BCUT2D eigenvalue weighted by Gasteiger charge is 2.30. The van der Waals surface area contributed by atoms with Crippen LogP contribution in [-0.2, 0) is 0 Å². The van der Waals surface area contributed by atoms with Crippen LogP contribution in [0.2, 0.25) is 0 Å². The van der Waals surface area contributed by atoms with Gasteiger partial charge in [0.2, 0.25) is 17.2 Å². The van der Waals surface area contributed by atoms with Crippen LogP contribution in [0, 0.1) is 5.92 Å². The minimum atomic E-state index is -1.04. The van der Waals surface area contributed by atoms with Gasteiger partial charge in [-0.2, -0.15) is 0 Å². The molecule has 1 heterocycles. The van der Waals surface area contributed by atoms with Gasteiger partial charge in [0.1, 0.15) is 5.69 Å². The van der Waals surface area contributed by atoms with E-state index in [2.05, 4.69) is 90.9 Å². The molecule has 1 atom stereocenters. The van der Waals surface area contributed by atoms with E-state index in [1.165, 1.54) is 16.0 Å². The van der Waals surface area contributed by atoms with Crippen molar-refractivity contribution in [3.05, 3.63) is 181 Å². The maximum atomic E-state index is 11.3. The third-order valence-electron chi connectivity index (χ3n) is 10.7. The fraction of sp³-hybridized carbons (Fsp3) is 0.0800. The zero-order chi connectivity index (χ0) is 39.8. The Morgan fingerprint density at radius 3 is 1.98 bits per heavy atom. The quantitative estimate of drug-likeness (QED) is 0.0601. The number of phenols is 5. The third-order valence-corrected chi connectivity index (χ3v) is 10.7. The van der Waals surface area contributed by atoms with Crippen LogP contribution >= 0.6 is 0 Å². The second-order valence-corrected chi connectivity index (χ2v) is 14.2. The molecule has 1 aromatic heterocycles. The molecule has 1 unspecified atom stereocenters. The number of hydrogen-bond acceptors (Lipinski definition) is 6. The molecule has 7 heteroatoms. The van der Waals surface area contributed by atoms with Crippen molar-refractivity contribution in [2.45, 2.75) is 20.3 Å². The van der Waals surface area contributed by atoms with Crippen LogP contribution in [0.4, 0.5) is 11.4 Å². The van der Waals surface area contributed by atoms with Gasteiger partial charge in [-0.05, 0) is 89.1 Å². The highest BCUT2D eigenvalue weighted by molar-refractivity contribution is 6.10. The van der Waals surface area contributed by atoms with E-state index in [1.807, 2.05) is 85.8 Å². The zero-order valence-electron chi connectivity index (χ0n) is 31.6. The topological polar surface area (TPSA) is 109 Å². The molecule has 0 saturated heterocycles. The molecule has 1 aliphatic rings. The molecule has 6 aromatic carbocycles. The van der Waals surface area contributed by atoms with Crippen LogP contribution in [-0.4, -0.2) is 30.1 Å². The molecule has 0 saturated carbocycles. The molecule has 7 nitrogen and oxygen atoms in total. The lowest BCUT2D eigenvalue weighted by molar-refractivity contribution is 0.329. The predicted molar refractivity (Wildman–Crippen MR) is 232 cm³/mol. The largest absolute Gasteiger partial charge is 0.503 e. The second kappa shape index (κ2) is 15.0. The number of aromatic hydroxyl groups is 5. The van der Waals surface area contributed by atoms with Crippen molar-refractivity contribution in [3.63, 3.8) is 0 Å². The van der Waals surface area contributed by atoms with E-state index >= 15 is 0 Å². The summed E-state index contributed by atoms with van der Waals surface area (Å²) < 4.78 is 2.15. The number of nitrogens with zero attached hydrogens (tertiary/aromatic N) is 2. The number of rotatable bonds is 8. The summed E-state index contributed by atoms with van der Waals surface area (Å²) in [5, 5.41) is 56.3. The Morgan fingerprint density at radius 2 is 1.26 bits per heavy atom. The summed E-state index contributed by atoms with van der Waals surface area (Å²) in [7, 11) is 0. The Balaban J connectivity index is 1.26. The molecule has 0 amide bonds. The van der Waals surface area contributed by atoms with E-state index in [-0.39, 0.29) is 11.6 Å². The first kappa shape index (κ1) is 36.6. The van der Waals surface area contributed by atoms with Gasteiger partial charge in [-0.15, -0.1) is 0 Å². The van der Waals surface area contributed by atoms with Crippen LogP contribution < -0.4 is 4.90 Å². The van der Waals surface area contributed by atoms with Crippen LogP contribution in [0.1, 0.15) is 31.4 Å². The van der Waals surface area contributed by atoms with Crippen molar-refractivity contribution >= 4 is 44.3 Å². The van der Waals surface area contributed by atoms with Gasteiger partial charge in [0.25, 0.3) is 0 Å². The smallest absolute Gasteiger partial charge is 0.208 e. The van der Waals surface area contributed by atoms with E-state index < -0.39 is 28.7 Å². The number of allylic oxidation sites excluding steroid dienone is 8. The lowest BCUT2D eigenvalue weighted by atomic mass is 9.77. The summed E-state index contributed by atoms with van der Waals surface area (Å²) in [6.07, 6.45) is 12.7. The summed E-state index contributed by atoms with van der Waals surface area (Å²) in [6, 6.07) is 40.6. The Kier molecular flexibility index (Phi) is 9.65. The van der Waals surface area contributed by atoms with Crippen molar-refractivity contribution in [2.24, 2.45) is 5.92 Å². The van der Waals surface area contributed by atoms with Crippen LogP contribution in [0.25, 0.3) is 49.8 Å². The monoisotopic (exact) mass is 750 g/mol. The van der Waals surface area contributed by atoms with Crippen LogP contribution in [0.15, 0.2) is 170 Å². The fourth-order valence-corrected chi connectivity index (χ4v) is 7.92. The second-order valence-electron chi connectivity index (χ2n) is 14.2. The van der Waals surface area contributed by atoms with E-state index in [0.717, 1.165) is 56.2 Å². The van der Waals surface area contributed by atoms with E-state index in [0.29, 0.717) is 11.4 Å². The third kappa shape index (κ3) is 6.49. The van der Waals surface area contributed by atoms with Crippen LogP contribution in [0.3, 0.4) is 0 Å². The van der Waals surface area contributed by atoms with E-state index in [9.17, 15) is 25.5 Å². The van der Waals surface area contributed by atoms with Crippen molar-refractivity contribution < 1.29 is 25.5 Å². The lowest BCUT2D eigenvalue weighted by Crippen LogP contribution is -2.15. The van der Waals surface area contributed by atoms with Gasteiger partial charge in [-0.25, -0.2) is 0 Å². The van der Waals surface area contributed by atoms with Gasteiger partial charge < -0.3 is 35.0 Å². The Bertz CT molecular complexity index is 2780. The molecule has 0 fully saturated rings. The first-order valence-electron chi connectivity index (χ1n) is 18.8. The zero-order valence-corrected chi connectivity index (χ0v) is 31.6. The molecule has 0 bridgehead atoms. The normalized spacial score (nSPS) is 15.6. The average Bonchev–Trinajstić information content (AvgIpc) is 3.57. The Labute approximate surface area is 331 Å². The summed E-state index contributed by atoms with van der Waals surface area (Å²) in [5.41, 5.74) is 10.0. The summed E-state index contributed by atoms with van der Waals surface area (Å²) >= 11 is 0. The highest BCUT2D eigenvalue weighted by Crippen LogP contribution is 2.57. The molecular formula is C50H42N2O5. The lowest BCUT2D eigenvalue weighted by Gasteiger charge is -2.28. The maximum Gasteiger partial charge on any atom is 0.208 e. The van der Waals surface area contributed by atoms with Gasteiger partial charge >= 0.3 is 0 Å².